The number of hydrogen-bond donors (Lipinski definition) is 0. The molecular weight excluding hydrogens is 308 g/mol. The fourth-order valence-corrected chi connectivity index (χ4v) is 9.53. The molecule has 0 aromatic rings. The highest BCUT2D eigenvalue weighted by molar-refractivity contribution is 9.10. The molecule has 7 saturated carbocycles. The summed E-state index contributed by atoms with van der Waals surface area (Å²) in [6.07, 6.45) is 18.3. The third-order valence-electron chi connectivity index (χ3n) is 8.30. The number of halogens is 1. The Hall–Kier alpha value is -0.400. The molecule has 7 rings (SSSR count). The smallest absolute Gasteiger partial charge is 0.0346 e. The van der Waals surface area contributed by atoms with Crippen LogP contribution in [0.4, 0.5) is 0 Å². The van der Waals surface area contributed by atoms with Gasteiger partial charge < -0.3 is 0 Å². The van der Waals surface area contributed by atoms with Crippen LogP contribution in [0.5, 0.6) is 0 Å². The van der Waals surface area contributed by atoms with Crippen LogP contribution in [0, 0.1) is 71.0 Å². The predicted octanol–water partition coefficient (Wildman–Crippen LogP) is 4.09. The van der Waals surface area contributed by atoms with Gasteiger partial charge in [0.05, 0.1) is 0 Å². The molecule has 0 aliphatic heterocycles. The molecule has 0 nitrogen and oxygen atoms in total. The van der Waals surface area contributed by atoms with E-state index in [0.29, 0.717) is 10.2 Å². The lowest BCUT2D eigenvalue weighted by atomic mass is 9.28. The summed E-state index contributed by atoms with van der Waals surface area (Å²) in [7, 11) is 0. The van der Waals surface area contributed by atoms with E-state index in [-0.39, 0.29) is 10.8 Å². The lowest BCUT2D eigenvalue weighted by Gasteiger charge is -2.78. The predicted molar refractivity (Wildman–Crippen MR) is 83.9 cm³/mol. The molecule has 0 amide bonds. The fraction of sp³-hybridized carbons (Fsp3) is 0.789. The van der Waals surface area contributed by atoms with E-state index >= 15 is 0 Å². The number of rotatable bonds is 0. The molecule has 9 unspecified atom stereocenters. The second kappa shape index (κ2) is 3.17. The van der Waals surface area contributed by atoms with Gasteiger partial charge in [-0.2, -0.15) is 0 Å². The number of alkyl halides is 1. The van der Waals surface area contributed by atoms with E-state index in [1.54, 1.807) is 0 Å². The lowest BCUT2D eigenvalue weighted by molar-refractivity contribution is -0.240. The van der Waals surface area contributed by atoms with Crippen molar-refractivity contribution in [2.45, 2.75) is 43.4 Å². The number of hydrogen-bond acceptors (Lipinski definition) is 0. The van der Waals surface area contributed by atoms with Crippen LogP contribution < -0.4 is 0 Å². The van der Waals surface area contributed by atoms with Crippen molar-refractivity contribution in [2.75, 3.05) is 0 Å². The average Bonchev–Trinajstić information content (AvgIpc) is 2.45. The minimum Gasteiger partial charge on any atom is -0.120 e. The zero-order valence-electron chi connectivity index (χ0n) is 12.0. The molecule has 8 bridgehead atoms. The summed E-state index contributed by atoms with van der Waals surface area (Å²) < 4.78 is 0.307. The van der Waals surface area contributed by atoms with Crippen LogP contribution in [0.25, 0.3) is 0 Å². The normalized spacial score (nSPS) is 68.0. The molecule has 1 heteroatoms. The third kappa shape index (κ3) is 1.00. The largest absolute Gasteiger partial charge is 0.120 e. The van der Waals surface area contributed by atoms with Gasteiger partial charge in [-0.1, -0.05) is 34.7 Å². The van der Waals surface area contributed by atoms with E-state index in [1.165, 1.54) is 32.1 Å². The minimum atomic E-state index is 0.204. The molecule has 104 valence electrons. The van der Waals surface area contributed by atoms with Gasteiger partial charge in [-0.15, -0.1) is 12.8 Å². The first kappa shape index (κ1) is 12.2. The Kier molecular flexibility index (Phi) is 1.93. The summed E-state index contributed by atoms with van der Waals surface area (Å²) in [5.41, 5.74) is 0.410. The first-order valence-corrected chi connectivity index (χ1v) is 8.92. The summed E-state index contributed by atoms with van der Waals surface area (Å²) >= 11 is 4.25. The lowest BCUT2D eigenvalue weighted by Crippen LogP contribution is -2.75. The van der Waals surface area contributed by atoms with Crippen LogP contribution in [0.3, 0.4) is 0 Å². The van der Waals surface area contributed by atoms with Crippen molar-refractivity contribution in [1.29, 1.82) is 0 Å². The van der Waals surface area contributed by atoms with Gasteiger partial charge in [0, 0.05) is 15.2 Å². The summed E-state index contributed by atoms with van der Waals surface area (Å²) in [6, 6.07) is 0. The van der Waals surface area contributed by atoms with E-state index in [1.807, 2.05) is 0 Å². The molecule has 0 aromatic heterocycles. The average molecular weight is 329 g/mol. The zero-order chi connectivity index (χ0) is 13.9. The highest BCUT2D eigenvalue weighted by atomic mass is 79.9. The SMILES string of the molecule is C#CC12CC3C4CC5(C#C)CC3C(Br)(C1)C(C4C2)C5C. The monoisotopic (exact) mass is 328 g/mol. The van der Waals surface area contributed by atoms with Crippen molar-refractivity contribution >= 4 is 15.9 Å². The molecule has 0 radical (unpaired) electrons. The maximum atomic E-state index is 6.02. The van der Waals surface area contributed by atoms with Crippen molar-refractivity contribution in [1.82, 2.24) is 0 Å². The molecule has 0 saturated heterocycles. The Morgan fingerprint density at radius 1 is 1.00 bits per heavy atom. The van der Waals surface area contributed by atoms with Crippen molar-refractivity contribution < 1.29 is 0 Å². The van der Waals surface area contributed by atoms with Crippen molar-refractivity contribution in [3.8, 4) is 24.7 Å². The second-order valence-electron chi connectivity index (χ2n) is 8.56. The van der Waals surface area contributed by atoms with Crippen molar-refractivity contribution in [3.05, 3.63) is 0 Å². The van der Waals surface area contributed by atoms with Gasteiger partial charge in [0.2, 0.25) is 0 Å². The second-order valence-corrected chi connectivity index (χ2v) is 10.0. The topological polar surface area (TPSA) is 0 Å². The highest BCUT2D eigenvalue weighted by Gasteiger charge is 2.76. The zero-order valence-corrected chi connectivity index (χ0v) is 13.6. The Morgan fingerprint density at radius 2 is 1.75 bits per heavy atom. The molecule has 0 aromatic carbocycles. The summed E-state index contributed by atoms with van der Waals surface area (Å²) in [5.74, 6) is 11.3. The van der Waals surface area contributed by atoms with Gasteiger partial charge in [0.1, 0.15) is 0 Å². The Bertz CT molecular complexity index is 594. The van der Waals surface area contributed by atoms with Crippen LogP contribution in [-0.4, -0.2) is 4.32 Å². The van der Waals surface area contributed by atoms with Crippen LogP contribution >= 0.6 is 15.9 Å². The molecule has 20 heavy (non-hydrogen) atoms. The number of terminal acetylenes is 2. The van der Waals surface area contributed by atoms with Gasteiger partial charge >= 0.3 is 0 Å². The van der Waals surface area contributed by atoms with E-state index < -0.39 is 0 Å². The summed E-state index contributed by atoms with van der Waals surface area (Å²) in [5, 5.41) is 0. The molecule has 0 spiro atoms. The molecular formula is C19H21Br. The standard InChI is InChI=1S/C19H21Br/c1-4-17-6-13-12-8-18(5-2)9-15(13)19(20,10-17)16(11(18)3)14(12)7-17/h1-2,11-16H,6-10H2,3H3. The van der Waals surface area contributed by atoms with Crippen LogP contribution in [0.1, 0.15) is 39.0 Å². The van der Waals surface area contributed by atoms with E-state index in [4.69, 9.17) is 12.8 Å². The Balaban J connectivity index is 1.73. The van der Waals surface area contributed by atoms with Crippen LogP contribution in [-0.2, 0) is 0 Å². The maximum absolute atomic E-state index is 6.02. The quantitative estimate of drug-likeness (QED) is 0.464. The van der Waals surface area contributed by atoms with Crippen molar-refractivity contribution in [3.63, 3.8) is 0 Å². The maximum Gasteiger partial charge on any atom is 0.0346 e. The Morgan fingerprint density at radius 3 is 2.45 bits per heavy atom. The molecule has 0 heterocycles. The van der Waals surface area contributed by atoms with Crippen molar-refractivity contribution in [2.24, 2.45) is 46.3 Å². The van der Waals surface area contributed by atoms with Crippen LogP contribution in [0.2, 0.25) is 0 Å². The molecule has 0 N–H and O–H groups in total. The molecule has 7 aliphatic rings. The van der Waals surface area contributed by atoms with Crippen LogP contribution in [0.15, 0.2) is 0 Å². The first-order chi connectivity index (χ1) is 9.49. The van der Waals surface area contributed by atoms with Gasteiger partial charge in [-0.25, -0.2) is 0 Å². The first-order valence-electron chi connectivity index (χ1n) is 8.13. The Labute approximate surface area is 130 Å². The third-order valence-corrected chi connectivity index (χ3v) is 9.70. The van der Waals surface area contributed by atoms with E-state index in [2.05, 4.69) is 34.7 Å². The van der Waals surface area contributed by atoms with Gasteiger partial charge in [-0.3, -0.25) is 0 Å². The molecule has 9 atom stereocenters. The minimum absolute atomic E-state index is 0.204. The van der Waals surface area contributed by atoms with Gasteiger partial charge in [0.25, 0.3) is 0 Å². The summed E-state index contributed by atoms with van der Waals surface area (Å²) in [4.78, 5) is 0. The fourth-order valence-electron chi connectivity index (χ4n) is 7.75. The summed E-state index contributed by atoms with van der Waals surface area (Å²) in [6.45, 7) is 2.44. The molecule has 7 fully saturated rings. The highest BCUT2D eigenvalue weighted by Crippen LogP contribution is 2.80. The van der Waals surface area contributed by atoms with E-state index in [9.17, 15) is 0 Å². The van der Waals surface area contributed by atoms with Gasteiger partial charge in [-0.05, 0) is 67.6 Å². The van der Waals surface area contributed by atoms with E-state index in [0.717, 1.165) is 29.6 Å². The van der Waals surface area contributed by atoms with Gasteiger partial charge in [0.15, 0.2) is 0 Å². The molecule has 7 aliphatic carbocycles.